The molecule has 5 nitrogen and oxygen atoms in total. The average molecular weight is 360 g/mol. The molecule has 1 heterocycles. The highest BCUT2D eigenvalue weighted by Crippen LogP contribution is 2.28. The maximum absolute atomic E-state index is 9.00. The molecule has 1 atom stereocenters. The third-order valence-electron chi connectivity index (χ3n) is 4.81. The smallest absolute Gasteiger partial charge is 0.118 e. The predicted octanol–water partition coefficient (Wildman–Crippen LogP) is 2.77. The molecule has 0 bridgehead atoms. The van der Waals surface area contributed by atoms with Crippen molar-refractivity contribution in [2.45, 2.75) is 44.9 Å². The minimum Gasteiger partial charge on any atom is -0.497 e. The van der Waals surface area contributed by atoms with Crippen LogP contribution >= 0.6 is 0 Å². The number of aliphatic hydroxyl groups excluding tert-OH is 1. The molecule has 0 fully saturated rings. The van der Waals surface area contributed by atoms with Gasteiger partial charge in [0.05, 0.1) is 20.9 Å². The van der Waals surface area contributed by atoms with Crippen molar-refractivity contribution >= 4 is 13.3 Å². The molecule has 6 heteroatoms. The number of nitrogens with zero attached hydrogens (tertiary/aromatic N) is 3. The lowest BCUT2D eigenvalue weighted by molar-refractivity contribution is 0.298. The summed E-state index contributed by atoms with van der Waals surface area (Å²) in [7, 11) is 0.0261. The van der Waals surface area contributed by atoms with Crippen molar-refractivity contribution in [3.8, 4) is 5.75 Å². The number of aromatic nitrogens is 3. The quantitative estimate of drug-likeness (QED) is 0.552. The number of aryl methyl sites for hydroxylation is 1. The number of allylic oxidation sites excluding steroid dienone is 2. The fourth-order valence-corrected chi connectivity index (χ4v) is 6.09. The van der Waals surface area contributed by atoms with Crippen LogP contribution in [0.15, 0.2) is 42.6 Å². The van der Waals surface area contributed by atoms with Gasteiger partial charge in [-0.2, -0.15) is 0 Å². The number of ether oxygens (including phenoxy) is 1. The number of rotatable bonds is 9. The maximum Gasteiger partial charge on any atom is 0.118 e. The highest BCUT2D eigenvalue weighted by Gasteiger charge is 2.31. The van der Waals surface area contributed by atoms with Crippen LogP contribution in [0.2, 0.25) is 18.6 Å². The van der Waals surface area contributed by atoms with Gasteiger partial charge in [0.25, 0.3) is 0 Å². The van der Waals surface area contributed by atoms with Crippen molar-refractivity contribution in [3.63, 3.8) is 0 Å². The van der Waals surface area contributed by atoms with Gasteiger partial charge in [0.1, 0.15) is 5.75 Å². The van der Waals surface area contributed by atoms with E-state index in [1.807, 2.05) is 10.9 Å². The lowest BCUT2D eigenvalue weighted by Gasteiger charge is -2.31. The second kappa shape index (κ2) is 8.96. The number of hydrogen-bond acceptors (Lipinski definition) is 4. The van der Waals surface area contributed by atoms with Crippen molar-refractivity contribution < 1.29 is 9.84 Å². The molecular formula is C19H29N3O2Si. The van der Waals surface area contributed by atoms with Gasteiger partial charge in [-0.25, -0.2) is 0 Å². The number of methoxy groups -OCH3 is 1. The van der Waals surface area contributed by atoms with E-state index in [1.54, 1.807) is 7.11 Å². The zero-order chi connectivity index (χ0) is 18.3. The van der Waals surface area contributed by atoms with Gasteiger partial charge >= 0.3 is 0 Å². The summed E-state index contributed by atoms with van der Waals surface area (Å²) in [5.41, 5.74) is 1.35. The van der Waals surface area contributed by atoms with E-state index in [0.717, 1.165) is 24.4 Å². The molecule has 0 spiro atoms. The first-order valence-electron chi connectivity index (χ1n) is 8.78. The van der Waals surface area contributed by atoms with Crippen LogP contribution in [0.5, 0.6) is 5.75 Å². The molecule has 0 aliphatic rings. The van der Waals surface area contributed by atoms with E-state index in [9.17, 15) is 0 Å². The fraction of sp³-hybridized carbons (Fsp3) is 0.474. The summed E-state index contributed by atoms with van der Waals surface area (Å²) < 4.78 is 7.17. The van der Waals surface area contributed by atoms with Crippen LogP contribution < -0.4 is 9.92 Å². The molecular weight excluding hydrogens is 330 g/mol. The van der Waals surface area contributed by atoms with Gasteiger partial charge in [-0.3, -0.25) is 4.68 Å². The lowest BCUT2D eigenvalue weighted by Crippen LogP contribution is -2.45. The molecule has 1 aromatic carbocycles. The Morgan fingerprint density at radius 3 is 2.60 bits per heavy atom. The van der Waals surface area contributed by atoms with Gasteiger partial charge in [-0.1, -0.05) is 47.8 Å². The average Bonchev–Trinajstić information content (AvgIpc) is 3.06. The summed E-state index contributed by atoms with van der Waals surface area (Å²) in [6, 6.07) is 8.51. The van der Waals surface area contributed by atoms with Gasteiger partial charge in [0.2, 0.25) is 0 Å². The summed E-state index contributed by atoms with van der Waals surface area (Å²) in [6.45, 7) is 7.85. The Morgan fingerprint density at radius 2 is 2.00 bits per heavy atom. The van der Waals surface area contributed by atoms with Crippen molar-refractivity contribution in [2.75, 3.05) is 13.7 Å². The van der Waals surface area contributed by atoms with E-state index in [1.165, 1.54) is 5.19 Å². The first-order chi connectivity index (χ1) is 12.0. The molecule has 0 aliphatic heterocycles. The molecule has 0 unspecified atom stereocenters. The first-order valence-corrected chi connectivity index (χ1v) is 11.9. The van der Waals surface area contributed by atoms with E-state index < -0.39 is 8.07 Å². The van der Waals surface area contributed by atoms with E-state index in [0.29, 0.717) is 12.0 Å². The minimum atomic E-state index is -1.67. The van der Waals surface area contributed by atoms with E-state index in [-0.39, 0.29) is 6.61 Å². The summed E-state index contributed by atoms with van der Waals surface area (Å²) in [5.74, 6) is 0.898. The van der Waals surface area contributed by atoms with Crippen LogP contribution in [0.3, 0.4) is 0 Å². The predicted molar refractivity (Wildman–Crippen MR) is 104 cm³/mol. The van der Waals surface area contributed by atoms with Gasteiger partial charge in [0.15, 0.2) is 0 Å². The maximum atomic E-state index is 9.00. The Hall–Kier alpha value is -1.92. The molecule has 0 saturated heterocycles. The summed E-state index contributed by atoms with van der Waals surface area (Å²) in [5, 5.41) is 18.7. The molecule has 2 aromatic rings. The summed E-state index contributed by atoms with van der Waals surface area (Å²) in [6.07, 6.45) is 8.01. The lowest BCUT2D eigenvalue weighted by atomic mass is 10.2. The summed E-state index contributed by atoms with van der Waals surface area (Å²) in [4.78, 5) is 0. The molecule has 0 saturated carbocycles. The Bertz CT molecular complexity index is 680. The molecule has 1 aromatic heterocycles. The Morgan fingerprint density at radius 1 is 1.28 bits per heavy atom. The van der Waals surface area contributed by atoms with Crippen LogP contribution in [0.25, 0.3) is 0 Å². The molecule has 25 heavy (non-hydrogen) atoms. The van der Waals surface area contributed by atoms with Gasteiger partial charge in [0, 0.05) is 25.8 Å². The number of benzene rings is 1. The fourth-order valence-electron chi connectivity index (χ4n) is 3.11. The highest BCUT2D eigenvalue weighted by molar-refractivity contribution is 6.91. The molecule has 0 radical (unpaired) electrons. The molecule has 0 aliphatic carbocycles. The van der Waals surface area contributed by atoms with E-state index in [4.69, 9.17) is 9.84 Å². The van der Waals surface area contributed by atoms with Crippen molar-refractivity contribution in [1.82, 2.24) is 15.0 Å². The second-order valence-corrected chi connectivity index (χ2v) is 11.6. The normalized spacial score (nSPS) is 13.3. The van der Waals surface area contributed by atoms with Crippen LogP contribution in [0, 0.1) is 0 Å². The van der Waals surface area contributed by atoms with Crippen LogP contribution in [0.1, 0.15) is 19.0 Å². The minimum absolute atomic E-state index is 0.108. The Balaban J connectivity index is 2.11. The Kier molecular flexibility index (Phi) is 6.96. The number of hydrogen-bond donors (Lipinski definition) is 1. The zero-order valence-corrected chi connectivity index (χ0v) is 16.6. The monoisotopic (exact) mass is 359 g/mol. The van der Waals surface area contributed by atoms with E-state index >= 15 is 0 Å². The van der Waals surface area contributed by atoms with Crippen LogP contribution in [-0.2, 0) is 13.0 Å². The standard InChI is InChI=1S/C19H29N3O2Si/c1-5-6-18(11-13-22-15-16(12-14-23)20-21-22)25(3,4)19-9-7-17(24-2)8-10-19/h5-10,15,18,23H,11-14H2,1-4H3/b6-5+/t18-/m0/s1. The highest BCUT2D eigenvalue weighted by atomic mass is 28.3. The molecule has 136 valence electrons. The third kappa shape index (κ3) is 5.03. The van der Waals surface area contributed by atoms with Crippen LogP contribution in [-0.4, -0.2) is 41.9 Å². The van der Waals surface area contributed by atoms with Crippen molar-refractivity contribution in [2.24, 2.45) is 0 Å². The molecule has 0 amide bonds. The second-order valence-electron chi connectivity index (χ2n) is 6.82. The SMILES string of the molecule is C/C=C/[C@@H](CCn1cc(CCO)nn1)[Si](C)(C)c1ccc(OC)cc1. The Labute approximate surface area is 151 Å². The van der Waals surface area contributed by atoms with Gasteiger partial charge in [-0.05, 0) is 31.0 Å². The zero-order valence-electron chi connectivity index (χ0n) is 15.6. The third-order valence-corrected chi connectivity index (χ3v) is 8.97. The first kappa shape index (κ1) is 19.4. The van der Waals surface area contributed by atoms with Gasteiger partial charge in [-0.15, -0.1) is 5.10 Å². The molecule has 1 N–H and O–H groups in total. The van der Waals surface area contributed by atoms with Crippen LogP contribution in [0.4, 0.5) is 0 Å². The topological polar surface area (TPSA) is 60.2 Å². The summed E-state index contributed by atoms with van der Waals surface area (Å²) >= 11 is 0. The largest absolute Gasteiger partial charge is 0.497 e. The molecule has 2 rings (SSSR count). The van der Waals surface area contributed by atoms with E-state index in [2.05, 4.69) is 66.7 Å². The number of aliphatic hydroxyl groups is 1. The van der Waals surface area contributed by atoms with Crippen molar-refractivity contribution in [3.05, 3.63) is 48.3 Å². The van der Waals surface area contributed by atoms with Gasteiger partial charge < -0.3 is 9.84 Å². The van der Waals surface area contributed by atoms with Crippen molar-refractivity contribution in [1.29, 1.82) is 0 Å².